The molecule has 0 bridgehead atoms. The minimum Gasteiger partial charge on any atom is -0.383 e. The first kappa shape index (κ1) is 11.2. The number of anilines is 2. The van der Waals surface area contributed by atoms with Gasteiger partial charge in [0.1, 0.15) is 22.4 Å². The molecule has 1 aliphatic heterocycles. The molecule has 92 valence electrons. The number of nitrogen functional groups attached to an aromatic ring is 1. The van der Waals surface area contributed by atoms with Crippen molar-refractivity contribution in [1.29, 1.82) is 0 Å². The zero-order valence-corrected chi connectivity index (χ0v) is 11.1. The predicted molar refractivity (Wildman–Crippen MR) is 68.9 cm³/mol. The van der Waals surface area contributed by atoms with Crippen LogP contribution in [0.5, 0.6) is 0 Å². The fraction of sp³-hybridized carbons (Fsp3) is 0.636. The number of nitrogens with zero attached hydrogens (tertiary/aromatic N) is 3. The number of nitrogens with two attached hydrogens (primary N) is 1. The molecule has 1 aliphatic carbocycles. The van der Waals surface area contributed by atoms with Crippen molar-refractivity contribution in [2.45, 2.75) is 31.4 Å². The lowest BCUT2D eigenvalue weighted by atomic mass is 10.1. The maximum atomic E-state index is 5.81. The highest BCUT2D eigenvalue weighted by Gasteiger charge is 2.37. The van der Waals surface area contributed by atoms with Gasteiger partial charge in [0.2, 0.25) is 0 Å². The Balaban J connectivity index is 1.94. The second-order valence-electron chi connectivity index (χ2n) is 4.50. The monoisotopic (exact) mass is 298 g/mol. The topological polar surface area (TPSA) is 64.3 Å². The van der Waals surface area contributed by atoms with Gasteiger partial charge in [-0.3, -0.25) is 0 Å². The SMILES string of the molecule is Nc1ncnc(N2CCOC3CCCC32)c1Br. The highest BCUT2D eigenvalue weighted by atomic mass is 79.9. The zero-order chi connectivity index (χ0) is 11.8. The number of morpholine rings is 1. The molecule has 1 aromatic heterocycles. The number of ether oxygens (including phenoxy) is 1. The fourth-order valence-electron chi connectivity index (χ4n) is 2.76. The molecule has 0 aromatic carbocycles. The molecule has 2 heterocycles. The molecule has 1 aromatic rings. The Morgan fingerprint density at radius 3 is 3.18 bits per heavy atom. The van der Waals surface area contributed by atoms with Crippen LogP contribution in [0, 0.1) is 0 Å². The Kier molecular flexibility index (Phi) is 2.92. The van der Waals surface area contributed by atoms with Crippen LogP contribution in [0.15, 0.2) is 10.8 Å². The summed E-state index contributed by atoms with van der Waals surface area (Å²) in [6.07, 6.45) is 5.42. The molecule has 2 fully saturated rings. The molecule has 1 saturated carbocycles. The third kappa shape index (κ3) is 1.89. The standard InChI is InChI=1S/C11H15BrN4O/c12-9-10(13)14-6-15-11(9)16-4-5-17-8-3-1-2-7(8)16/h6-8H,1-5H2,(H2,13,14,15). The van der Waals surface area contributed by atoms with E-state index in [1.54, 1.807) is 0 Å². The third-order valence-corrected chi connectivity index (χ3v) is 4.31. The first-order valence-electron chi connectivity index (χ1n) is 5.91. The van der Waals surface area contributed by atoms with Crippen molar-refractivity contribution in [3.63, 3.8) is 0 Å². The van der Waals surface area contributed by atoms with Gasteiger partial charge in [0.25, 0.3) is 0 Å². The van der Waals surface area contributed by atoms with E-state index in [0.29, 0.717) is 18.0 Å². The van der Waals surface area contributed by atoms with Crippen LogP contribution in [0.2, 0.25) is 0 Å². The average molecular weight is 299 g/mol. The van der Waals surface area contributed by atoms with Gasteiger partial charge in [-0.15, -0.1) is 0 Å². The summed E-state index contributed by atoms with van der Waals surface area (Å²) in [5.74, 6) is 1.40. The van der Waals surface area contributed by atoms with Crippen molar-refractivity contribution < 1.29 is 4.74 Å². The van der Waals surface area contributed by atoms with Gasteiger partial charge in [-0.05, 0) is 35.2 Å². The molecular weight excluding hydrogens is 284 g/mol. The van der Waals surface area contributed by atoms with E-state index in [0.717, 1.165) is 29.9 Å². The number of fused-ring (bicyclic) bond motifs is 1. The summed E-state index contributed by atoms with van der Waals surface area (Å²) in [5.41, 5.74) is 5.81. The summed E-state index contributed by atoms with van der Waals surface area (Å²) in [7, 11) is 0. The van der Waals surface area contributed by atoms with E-state index in [1.807, 2.05) is 0 Å². The molecule has 0 spiro atoms. The minimum absolute atomic E-state index is 0.354. The summed E-state index contributed by atoms with van der Waals surface area (Å²) < 4.78 is 6.59. The van der Waals surface area contributed by atoms with Crippen LogP contribution in [-0.4, -0.2) is 35.3 Å². The minimum atomic E-state index is 0.354. The smallest absolute Gasteiger partial charge is 0.148 e. The van der Waals surface area contributed by atoms with Crippen LogP contribution in [0.25, 0.3) is 0 Å². The van der Waals surface area contributed by atoms with Crippen molar-refractivity contribution in [3.05, 3.63) is 10.8 Å². The summed E-state index contributed by atoms with van der Waals surface area (Å²) in [4.78, 5) is 10.6. The Bertz CT molecular complexity index is 428. The summed E-state index contributed by atoms with van der Waals surface area (Å²) >= 11 is 3.48. The largest absolute Gasteiger partial charge is 0.383 e. The number of rotatable bonds is 1. The van der Waals surface area contributed by atoms with E-state index in [1.165, 1.54) is 19.2 Å². The lowest BCUT2D eigenvalue weighted by molar-refractivity contribution is 0.0252. The van der Waals surface area contributed by atoms with Crippen LogP contribution in [-0.2, 0) is 4.74 Å². The number of hydrogen-bond acceptors (Lipinski definition) is 5. The third-order valence-electron chi connectivity index (χ3n) is 3.55. The highest BCUT2D eigenvalue weighted by Crippen LogP contribution is 2.36. The number of hydrogen-bond donors (Lipinski definition) is 1. The van der Waals surface area contributed by atoms with Gasteiger partial charge in [0, 0.05) is 6.54 Å². The van der Waals surface area contributed by atoms with E-state index < -0.39 is 0 Å². The van der Waals surface area contributed by atoms with Gasteiger partial charge in [-0.1, -0.05) is 0 Å². The maximum absolute atomic E-state index is 5.81. The van der Waals surface area contributed by atoms with E-state index in [4.69, 9.17) is 10.5 Å². The van der Waals surface area contributed by atoms with Crippen molar-refractivity contribution >= 4 is 27.6 Å². The van der Waals surface area contributed by atoms with Crippen LogP contribution in [0.1, 0.15) is 19.3 Å². The van der Waals surface area contributed by atoms with E-state index in [9.17, 15) is 0 Å². The maximum Gasteiger partial charge on any atom is 0.148 e. The summed E-state index contributed by atoms with van der Waals surface area (Å²) in [5, 5.41) is 0. The van der Waals surface area contributed by atoms with E-state index in [2.05, 4.69) is 30.8 Å². The van der Waals surface area contributed by atoms with E-state index in [-0.39, 0.29) is 0 Å². The van der Waals surface area contributed by atoms with Crippen LogP contribution < -0.4 is 10.6 Å². The van der Waals surface area contributed by atoms with E-state index >= 15 is 0 Å². The lowest BCUT2D eigenvalue weighted by Crippen LogP contribution is -2.49. The number of aromatic nitrogens is 2. The van der Waals surface area contributed by atoms with Gasteiger partial charge in [-0.25, -0.2) is 9.97 Å². The Labute approximate surface area is 108 Å². The Morgan fingerprint density at radius 2 is 2.29 bits per heavy atom. The van der Waals surface area contributed by atoms with Crippen molar-refractivity contribution in [2.75, 3.05) is 23.8 Å². The molecule has 2 aliphatic rings. The zero-order valence-electron chi connectivity index (χ0n) is 9.47. The van der Waals surface area contributed by atoms with Gasteiger partial charge in [0.05, 0.1) is 18.8 Å². The molecule has 5 nitrogen and oxygen atoms in total. The Hall–Kier alpha value is -0.880. The second kappa shape index (κ2) is 4.42. The van der Waals surface area contributed by atoms with Gasteiger partial charge in [-0.2, -0.15) is 0 Å². The molecule has 17 heavy (non-hydrogen) atoms. The van der Waals surface area contributed by atoms with Crippen molar-refractivity contribution in [2.24, 2.45) is 0 Å². The quantitative estimate of drug-likeness (QED) is 0.853. The molecule has 2 N–H and O–H groups in total. The molecule has 2 atom stereocenters. The molecule has 6 heteroatoms. The molecule has 3 rings (SSSR count). The van der Waals surface area contributed by atoms with Gasteiger partial charge >= 0.3 is 0 Å². The molecule has 1 saturated heterocycles. The molecule has 0 radical (unpaired) electrons. The normalized spacial score (nSPS) is 28.2. The first-order valence-corrected chi connectivity index (χ1v) is 6.71. The van der Waals surface area contributed by atoms with Crippen molar-refractivity contribution in [1.82, 2.24) is 9.97 Å². The molecular formula is C11H15BrN4O. The molecule has 0 amide bonds. The second-order valence-corrected chi connectivity index (χ2v) is 5.29. The predicted octanol–water partition coefficient (Wildman–Crippen LogP) is 1.58. The van der Waals surface area contributed by atoms with Crippen LogP contribution >= 0.6 is 15.9 Å². The summed E-state index contributed by atoms with van der Waals surface area (Å²) in [6.45, 7) is 1.63. The van der Waals surface area contributed by atoms with Crippen LogP contribution in [0.4, 0.5) is 11.6 Å². The molecule has 2 unspecified atom stereocenters. The summed E-state index contributed by atoms with van der Waals surface area (Å²) in [6, 6.07) is 0.439. The van der Waals surface area contributed by atoms with Crippen molar-refractivity contribution in [3.8, 4) is 0 Å². The first-order chi connectivity index (χ1) is 8.27. The highest BCUT2D eigenvalue weighted by molar-refractivity contribution is 9.10. The van der Waals surface area contributed by atoms with Gasteiger partial charge in [0.15, 0.2) is 0 Å². The Morgan fingerprint density at radius 1 is 1.41 bits per heavy atom. The number of halogens is 1. The fourth-order valence-corrected chi connectivity index (χ4v) is 3.20. The average Bonchev–Trinajstić information content (AvgIpc) is 2.81. The van der Waals surface area contributed by atoms with Gasteiger partial charge < -0.3 is 15.4 Å². The lowest BCUT2D eigenvalue weighted by Gasteiger charge is -2.38. The van der Waals surface area contributed by atoms with Crippen LogP contribution in [0.3, 0.4) is 0 Å².